The highest BCUT2D eigenvalue weighted by Crippen LogP contribution is 2.57. The predicted octanol–water partition coefficient (Wildman–Crippen LogP) is 12.0. The van der Waals surface area contributed by atoms with Gasteiger partial charge >= 0.3 is 0 Å². The summed E-state index contributed by atoms with van der Waals surface area (Å²) in [5.41, 5.74) is 0. The predicted molar refractivity (Wildman–Crippen MR) is 239 cm³/mol. The second kappa shape index (κ2) is 12.4. The van der Waals surface area contributed by atoms with E-state index in [2.05, 4.69) is 144 Å². The van der Waals surface area contributed by atoms with Crippen molar-refractivity contribution < 1.29 is 0 Å². The number of hydrogen-bond acceptors (Lipinski definition) is 0. The largest absolute Gasteiger partial charge is 0.172 e. The van der Waals surface area contributed by atoms with Crippen LogP contribution in [-0.2, 0) is 0 Å². The van der Waals surface area contributed by atoms with Gasteiger partial charge in [0.1, 0.15) is 41.4 Å². The molecule has 41 heavy (non-hydrogen) atoms. The normalized spacial score (nSPS) is 17.3. The maximum Gasteiger partial charge on any atom is 0.137 e. The van der Waals surface area contributed by atoms with Gasteiger partial charge in [0.05, 0.1) is 19.9 Å². The Balaban J connectivity index is 9.13. The van der Waals surface area contributed by atoms with E-state index in [1.165, 1.54) is 0 Å². The molecule has 0 aromatic carbocycles. The lowest BCUT2D eigenvalue weighted by Gasteiger charge is -2.74. The van der Waals surface area contributed by atoms with Crippen LogP contribution >= 0.6 is 66.5 Å². The zero-order chi connectivity index (χ0) is 34.5. The first kappa shape index (κ1) is 45.6. The van der Waals surface area contributed by atoms with Gasteiger partial charge in [-0.25, -0.2) is 0 Å². The Morgan fingerprint density at radius 2 is 0.293 bits per heavy atom. The molecule has 0 nitrogen and oxygen atoms in total. The van der Waals surface area contributed by atoms with Crippen LogP contribution in [0.1, 0.15) is 0 Å². The molecule has 0 aromatic heterocycles. The van der Waals surface area contributed by atoms with Gasteiger partial charge in [0.15, 0.2) is 0 Å². The second-order valence-corrected chi connectivity index (χ2v) is 181. The van der Waals surface area contributed by atoms with E-state index in [9.17, 15) is 0 Å². The monoisotopic (exact) mass is 904 g/mol. The Labute approximate surface area is 296 Å². The molecule has 0 saturated heterocycles. The lowest BCUT2D eigenvalue weighted by molar-refractivity contribution is 1.80. The van der Waals surface area contributed by atoms with Gasteiger partial charge in [0, 0.05) is 28.0 Å². The van der Waals surface area contributed by atoms with Crippen LogP contribution in [0.5, 0.6) is 0 Å². The lowest BCUT2D eigenvalue weighted by atomic mass is 11.9. The van der Waals surface area contributed by atoms with Crippen LogP contribution in [0.25, 0.3) is 0 Å². The van der Waals surface area contributed by atoms with Gasteiger partial charge in [-0.15, -0.1) is 0 Å². The Morgan fingerprint density at radius 3 is 0.366 bits per heavy atom. The number of hydrogen-bond donors (Lipinski definition) is 0. The molecule has 0 aliphatic carbocycles. The van der Waals surface area contributed by atoms with E-state index in [-0.39, 0.29) is 0 Å². The van der Waals surface area contributed by atoms with Crippen molar-refractivity contribution in [2.45, 2.75) is 144 Å². The zero-order valence-electron chi connectivity index (χ0n) is 30.8. The van der Waals surface area contributed by atoms with E-state index in [0.29, 0.717) is 0 Å². The van der Waals surface area contributed by atoms with Crippen LogP contribution in [0.2, 0.25) is 144 Å². The summed E-state index contributed by atoms with van der Waals surface area (Å²) in [6, 6.07) is 0. The van der Waals surface area contributed by atoms with Gasteiger partial charge < -0.3 is 0 Å². The summed E-state index contributed by atoms with van der Waals surface area (Å²) in [5, 5.41) is 0. The third-order valence-corrected chi connectivity index (χ3v) is 358. The average molecular weight is 909 g/mol. The SMILES string of the molecule is C[Si](C)(Cl)[Si](C)([Si](C)(C)Cl)[Si](C)(C)[Si](C)([Si](C)(C)[Si](C)([Si](C)(C)Cl)[Si](C)(C)Cl)[Si](C)(C)[Si](C)([Si](C)(C)Cl)[Si](C)(C)Cl. The van der Waals surface area contributed by atoms with Crippen molar-refractivity contribution in [3.63, 3.8) is 0 Å². The minimum atomic E-state index is -2.19. The van der Waals surface area contributed by atoms with Crippen molar-refractivity contribution in [1.29, 1.82) is 0 Å². The van der Waals surface area contributed by atoms with E-state index in [0.717, 1.165) is 0 Å². The van der Waals surface area contributed by atoms with E-state index in [4.69, 9.17) is 66.5 Å². The Morgan fingerprint density at radius 1 is 0.195 bits per heavy atom. The Bertz CT molecular complexity index is 798. The molecule has 0 radical (unpaired) electrons. The highest BCUT2D eigenvalue weighted by Gasteiger charge is 2.83. The number of rotatable bonds is 12. The molecule has 0 rings (SSSR count). The zero-order valence-corrected chi connectivity index (χ0v) is 48.3. The molecule has 19 heteroatoms. The number of halogens is 6. The third-order valence-electron chi connectivity index (χ3n) is 14.6. The molecule has 0 amide bonds. The maximum atomic E-state index is 7.90. The van der Waals surface area contributed by atoms with E-state index >= 15 is 0 Å². The molecule has 0 atom stereocenters. The standard InChI is InChI=1S/C22H66Cl6Si13/c1-29(2,23)38(19,30(3,4)24)35(13,14)41(22,36(15,16)39(20,31(5,6)25)32(7,8)26)37(17,18)40(21,33(9,10)27)34(11,12)28/h1-22H3. The molecule has 0 spiro atoms. The fraction of sp³-hybridized carbons (Fsp3) is 1.00. The molecule has 0 aliphatic heterocycles. The first-order valence-electron chi connectivity index (χ1n) is 15.1. The summed E-state index contributed by atoms with van der Waals surface area (Å²) >= 11 is 47.4. The minimum Gasteiger partial charge on any atom is -0.172 e. The topological polar surface area (TPSA) is 0 Å². The molecular formula is C22H66Cl6Si13. The highest BCUT2D eigenvalue weighted by molar-refractivity contribution is 8.28. The van der Waals surface area contributed by atoms with Gasteiger partial charge in [0.25, 0.3) is 0 Å². The molecule has 0 aliphatic rings. The van der Waals surface area contributed by atoms with Crippen molar-refractivity contribution in [3.8, 4) is 0 Å². The smallest absolute Gasteiger partial charge is 0.137 e. The quantitative estimate of drug-likeness (QED) is 0.135. The molecule has 0 unspecified atom stereocenters. The second-order valence-electron chi connectivity index (χ2n) is 18.2. The van der Waals surface area contributed by atoms with Crippen LogP contribution < -0.4 is 0 Å². The summed E-state index contributed by atoms with van der Waals surface area (Å²) in [4.78, 5) is 0. The maximum absolute atomic E-state index is 7.90. The lowest BCUT2D eigenvalue weighted by Crippen LogP contribution is -3.05. The molecule has 0 aromatic rings. The summed E-state index contributed by atoms with van der Waals surface area (Å²) in [7, 11) is -6.31. The van der Waals surface area contributed by atoms with Crippen LogP contribution in [-0.4, -0.2) is 89.2 Å². The highest BCUT2D eigenvalue weighted by atomic mass is 35.6. The summed E-state index contributed by atoms with van der Waals surface area (Å²) < 4.78 is 0. The fourth-order valence-electron chi connectivity index (χ4n) is 10.4. The van der Waals surface area contributed by atoms with Crippen molar-refractivity contribution in [3.05, 3.63) is 0 Å². The van der Waals surface area contributed by atoms with Gasteiger partial charge in [-0.05, 0) is 0 Å². The molecule has 0 N–H and O–H groups in total. The Kier molecular flexibility index (Phi) is 13.8. The van der Waals surface area contributed by atoms with Crippen molar-refractivity contribution in [2.75, 3.05) is 0 Å². The molecule has 0 fully saturated rings. The van der Waals surface area contributed by atoms with Crippen LogP contribution in [0.3, 0.4) is 0 Å². The molecular weight excluding hydrogens is 842 g/mol. The van der Waals surface area contributed by atoms with Gasteiger partial charge in [-0.2, -0.15) is 66.5 Å². The molecule has 0 heterocycles. The van der Waals surface area contributed by atoms with Crippen LogP contribution in [0, 0.1) is 0 Å². The van der Waals surface area contributed by atoms with E-state index in [1.807, 2.05) is 0 Å². The van der Waals surface area contributed by atoms with Crippen LogP contribution in [0.15, 0.2) is 0 Å². The van der Waals surface area contributed by atoms with E-state index < -0.39 is 89.2 Å². The van der Waals surface area contributed by atoms with Crippen molar-refractivity contribution in [1.82, 2.24) is 0 Å². The molecule has 248 valence electrons. The summed E-state index contributed by atoms with van der Waals surface area (Å²) in [6.45, 7) is 36.6. The fourth-order valence-corrected chi connectivity index (χ4v) is 608. The molecule has 0 bridgehead atoms. The average Bonchev–Trinajstić information content (AvgIpc) is 2.64. The first-order chi connectivity index (χ1) is 17.0. The van der Waals surface area contributed by atoms with Crippen molar-refractivity contribution >= 4 is 156 Å². The summed E-state index contributed by atoms with van der Waals surface area (Å²) in [5.74, 6) is 0. The van der Waals surface area contributed by atoms with E-state index in [1.54, 1.807) is 0 Å². The van der Waals surface area contributed by atoms with Gasteiger partial charge in [-0.3, -0.25) is 0 Å². The third kappa shape index (κ3) is 6.37. The van der Waals surface area contributed by atoms with Gasteiger partial charge in [0.2, 0.25) is 0 Å². The minimum absolute atomic E-state index is 2.10. The van der Waals surface area contributed by atoms with Gasteiger partial charge in [-0.1, -0.05) is 144 Å². The Hall–Kier alpha value is 4.56. The van der Waals surface area contributed by atoms with Crippen molar-refractivity contribution in [2.24, 2.45) is 0 Å². The van der Waals surface area contributed by atoms with Crippen LogP contribution in [0.4, 0.5) is 0 Å². The first-order valence-corrected chi connectivity index (χ1v) is 70.2. The molecule has 0 saturated carbocycles. The summed E-state index contributed by atoms with van der Waals surface area (Å²) in [6.07, 6.45) is 0.